The maximum Gasteiger partial charge on any atom is 0.250 e. The van der Waals surface area contributed by atoms with Gasteiger partial charge in [-0.2, -0.15) is 0 Å². The third-order valence-electron chi connectivity index (χ3n) is 3.22. The third kappa shape index (κ3) is 4.85. The number of anilines is 1. The van der Waals surface area contributed by atoms with Crippen LogP contribution in [0.3, 0.4) is 0 Å². The molecule has 0 bridgehead atoms. The van der Waals surface area contributed by atoms with Crippen LogP contribution in [0, 0.1) is 0 Å². The highest BCUT2D eigenvalue weighted by molar-refractivity contribution is 9.10. The highest BCUT2D eigenvalue weighted by atomic mass is 79.9. The van der Waals surface area contributed by atoms with Crippen molar-refractivity contribution in [1.82, 2.24) is 5.32 Å². The zero-order valence-corrected chi connectivity index (χ0v) is 14.1. The summed E-state index contributed by atoms with van der Waals surface area (Å²) in [5.74, 6) is 0.315. The van der Waals surface area contributed by atoms with Crippen LogP contribution in [0.2, 0.25) is 5.02 Å². The minimum absolute atomic E-state index is 0.0257. The van der Waals surface area contributed by atoms with E-state index >= 15 is 0 Å². The molecule has 2 N–H and O–H groups in total. The fourth-order valence-corrected chi connectivity index (χ4v) is 3.17. The van der Waals surface area contributed by atoms with E-state index in [1.54, 1.807) is 12.1 Å². The molecular weight excluding hydrogens is 360 g/mol. The van der Waals surface area contributed by atoms with Crippen LogP contribution in [0.25, 0.3) is 0 Å². The monoisotopic (exact) mass is 376 g/mol. The number of hydrogen-bond acceptors (Lipinski definition) is 4. The Bertz CT molecular complexity index is 507. The summed E-state index contributed by atoms with van der Waals surface area (Å²) in [7, 11) is 1.54. The number of carbonyl (C=O) groups excluding carboxylic acids is 1. The second kappa shape index (κ2) is 7.98. The van der Waals surface area contributed by atoms with E-state index in [4.69, 9.17) is 21.1 Å². The summed E-state index contributed by atoms with van der Waals surface area (Å²) in [5, 5.41) is 6.53. The Kier molecular flexibility index (Phi) is 6.29. The van der Waals surface area contributed by atoms with Crippen molar-refractivity contribution in [2.75, 3.05) is 32.1 Å². The predicted molar refractivity (Wildman–Crippen MR) is 86.2 cm³/mol. The summed E-state index contributed by atoms with van der Waals surface area (Å²) < 4.78 is 11.6. The second-order valence-electron chi connectivity index (χ2n) is 4.78. The van der Waals surface area contributed by atoms with Crippen molar-refractivity contribution < 1.29 is 14.3 Å². The van der Waals surface area contributed by atoms with E-state index in [1.165, 1.54) is 7.11 Å². The summed E-state index contributed by atoms with van der Waals surface area (Å²) in [5.41, 5.74) is 0.524. The molecule has 1 fully saturated rings. The first-order chi connectivity index (χ1) is 10.1. The Balaban J connectivity index is 1.92. The average Bonchev–Trinajstić information content (AvgIpc) is 2.46. The molecule has 1 saturated heterocycles. The van der Waals surface area contributed by atoms with Gasteiger partial charge in [0.15, 0.2) is 5.75 Å². The Morgan fingerprint density at radius 3 is 2.86 bits per heavy atom. The Hall–Kier alpha value is -0.820. The Morgan fingerprint density at radius 1 is 1.48 bits per heavy atom. The molecule has 1 heterocycles. The smallest absolute Gasteiger partial charge is 0.250 e. The summed E-state index contributed by atoms with van der Waals surface area (Å²) in [4.78, 5) is 12.0. The van der Waals surface area contributed by atoms with E-state index in [0.717, 1.165) is 25.9 Å². The number of piperidine rings is 1. The van der Waals surface area contributed by atoms with E-state index in [-0.39, 0.29) is 18.6 Å². The molecule has 0 atom stereocenters. The fourth-order valence-electron chi connectivity index (χ4n) is 2.20. The zero-order chi connectivity index (χ0) is 15.2. The van der Waals surface area contributed by atoms with Crippen LogP contribution in [0.4, 0.5) is 5.69 Å². The third-order valence-corrected chi connectivity index (χ3v) is 4.03. The standard InChI is InChI=1S/C14H18BrClN2O3/c1-20-14-11(15)6-9(16)7-12(14)18-13(19)8-21-10-2-4-17-5-3-10/h6-7,10,17H,2-5,8H2,1H3,(H,18,19). The highest BCUT2D eigenvalue weighted by Crippen LogP contribution is 2.36. The Labute approximate surface area is 137 Å². The number of carbonyl (C=O) groups is 1. The second-order valence-corrected chi connectivity index (χ2v) is 6.07. The van der Waals surface area contributed by atoms with Gasteiger partial charge < -0.3 is 20.1 Å². The molecule has 7 heteroatoms. The maximum atomic E-state index is 12.0. The van der Waals surface area contributed by atoms with E-state index in [1.807, 2.05) is 0 Å². The lowest BCUT2D eigenvalue weighted by Crippen LogP contribution is -2.34. The maximum absolute atomic E-state index is 12.0. The van der Waals surface area contributed by atoms with Crippen molar-refractivity contribution in [2.24, 2.45) is 0 Å². The molecule has 1 amide bonds. The van der Waals surface area contributed by atoms with Gasteiger partial charge in [0.1, 0.15) is 6.61 Å². The Morgan fingerprint density at radius 2 is 2.19 bits per heavy atom. The summed E-state index contributed by atoms with van der Waals surface area (Å²) in [6.45, 7) is 1.89. The van der Waals surface area contributed by atoms with Gasteiger partial charge in [-0.15, -0.1) is 0 Å². The molecule has 2 rings (SSSR count). The number of ether oxygens (including phenoxy) is 2. The molecule has 5 nitrogen and oxygen atoms in total. The number of halogens is 2. The first kappa shape index (κ1) is 16.5. The quantitative estimate of drug-likeness (QED) is 0.828. The molecule has 1 aliphatic rings. The minimum Gasteiger partial charge on any atom is -0.493 e. The first-order valence-electron chi connectivity index (χ1n) is 6.75. The molecular formula is C14H18BrClN2O3. The van der Waals surface area contributed by atoms with Crippen LogP contribution >= 0.6 is 27.5 Å². The molecule has 0 radical (unpaired) electrons. The predicted octanol–water partition coefficient (Wildman–Crippen LogP) is 2.82. The van der Waals surface area contributed by atoms with Gasteiger partial charge in [-0.05, 0) is 54.0 Å². The van der Waals surface area contributed by atoms with E-state index in [2.05, 4.69) is 26.6 Å². The number of hydrogen-bond donors (Lipinski definition) is 2. The van der Waals surface area contributed by atoms with Crippen molar-refractivity contribution in [2.45, 2.75) is 18.9 Å². The van der Waals surface area contributed by atoms with Gasteiger partial charge >= 0.3 is 0 Å². The molecule has 21 heavy (non-hydrogen) atoms. The fraction of sp³-hybridized carbons (Fsp3) is 0.500. The largest absolute Gasteiger partial charge is 0.493 e. The van der Waals surface area contributed by atoms with E-state index in [9.17, 15) is 4.79 Å². The lowest BCUT2D eigenvalue weighted by molar-refractivity contribution is -0.123. The van der Waals surface area contributed by atoms with Gasteiger partial charge in [-0.25, -0.2) is 0 Å². The molecule has 1 aromatic carbocycles. The normalized spacial score (nSPS) is 15.8. The van der Waals surface area contributed by atoms with Crippen molar-refractivity contribution in [3.05, 3.63) is 21.6 Å². The first-order valence-corrected chi connectivity index (χ1v) is 7.92. The lowest BCUT2D eigenvalue weighted by atomic mass is 10.1. The molecule has 0 unspecified atom stereocenters. The number of benzene rings is 1. The molecule has 0 aliphatic carbocycles. The number of methoxy groups -OCH3 is 1. The lowest BCUT2D eigenvalue weighted by Gasteiger charge is -2.22. The van der Waals surface area contributed by atoms with Gasteiger partial charge in [0.25, 0.3) is 0 Å². The van der Waals surface area contributed by atoms with Gasteiger partial charge in [-0.3, -0.25) is 4.79 Å². The van der Waals surface area contributed by atoms with Crippen molar-refractivity contribution >= 4 is 39.1 Å². The highest BCUT2D eigenvalue weighted by Gasteiger charge is 2.16. The number of amides is 1. The molecule has 0 spiro atoms. The SMILES string of the molecule is COc1c(Br)cc(Cl)cc1NC(=O)COC1CCNCC1. The van der Waals surface area contributed by atoms with Gasteiger partial charge in [-0.1, -0.05) is 11.6 Å². The zero-order valence-electron chi connectivity index (χ0n) is 11.7. The number of rotatable bonds is 5. The summed E-state index contributed by atoms with van der Waals surface area (Å²) in [6, 6.07) is 3.36. The van der Waals surface area contributed by atoms with Crippen molar-refractivity contribution in [3.63, 3.8) is 0 Å². The molecule has 0 aromatic heterocycles. The van der Waals surface area contributed by atoms with Crippen molar-refractivity contribution in [1.29, 1.82) is 0 Å². The molecule has 116 valence electrons. The van der Waals surface area contributed by atoms with Crippen molar-refractivity contribution in [3.8, 4) is 5.75 Å². The van der Waals surface area contributed by atoms with Crippen LogP contribution in [0.1, 0.15) is 12.8 Å². The average molecular weight is 378 g/mol. The van der Waals surface area contributed by atoms with E-state index in [0.29, 0.717) is 20.9 Å². The van der Waals surface area contributed by atoms with Gasteiger partial charge in [0.2, 0.25) is 5.91 Å². The molecule has 0 saturated carbocycles. The summed E-state index contributed by atoms with van der Waals surface area (Å²) >= 11 is 9.34. The van der Waals surface area contributed by atoms with Crippen LogP contribution in [0.15, 0.2) is 16.6 Å². The van der Waals surface area contributed by atoms with E-state index < -0.39 is 0 Å². The van der Waals surface area contributed by atoms with Crippen LogP contribution in [-0.4, -0.2) is 38.8 Å². The molecule has 1 aromatic rings. The molecule has 1 aliphatic heterocycles. The topological polar surface area (TPSA) is 59.6 Å². The van der Waals surface area contributed by atoms with Crippen LogP contribution in [-0.2, 0) is 9.53 Å². The van der Waals surface area contributed by atoms with Crippen LogP contribution in [0.5, 0.6) is 5.75 Å². The number of nitrogens with one attached hydrogen (secondary N) is 2. The van der Waals surface area contributed by atoms with Crippen LogP contribution < -0.4 is 15.4 Å². The van der Waals surface area contributed by atoms with Gasteiger partial charge in [0.05, 0.1) is 23.4 Å². The summed E-state index contributed by atoms with van der Waals surface area (Å²) in [6.07, 6.45) is 2.00. The minimum atomic E-state index is -0.221. The van der Waals surface area contributed by atoms with Gasteiger partial charge in [0, 0.05) is 5.02 Å².